The van der Waals surface area contributed by atoms with Gasteiger partial charge >= 0.3 is 0 Å². The first-order valence-electron chi connectivity index (χ1n) is 11.3. The molecule has 0 aliphatic carbocycles. The van der Waals surface area contributed by atoms with Crippen LogP contribution in [-0.2, 0) is 19.4 Å². The summed E-state index contributed by atoms with van der Waals surface area (Å²) in [7, 11) is 3.12. The Hall–Kier alpha value is -4.13. The third-order valence-electron chi connectivity index (χ3n) is 5.93. The van der Waals surface area contributed by atoms with Crippen molar-refractivity contribution in [3.05, 3.63) is 105 Å². The highest BCUT2D eigenvalue weighted by atomic mass is 19.1. The highest BCUT2D eigenvalue weighted by Crippen LogP contribution is 2.33. The van der Waals surface area contributed by atoms with Crippen molar-refractivity contribution < 1.29 is 19.0 Å². The van der Waals surface area contributed by atoms with Crippen LogP contribution >= 0.6 is 0 Å². The first-order valence-corrected chi connectivity index (χ1v) is 11.3. The minimum absolute atomic E-state index is 0.0708. The van der Waals surface area contributed by atoms with Crippen LogP contribution in [0.4, 0.5) is 4.39 Å². The maximum atomic E-state index is 13.7. The van der Waals surface area contributed by atoms with Crippen molar-refractivity contribution in [1.82, 2.24) is 9.78 Å². The van der Waals surface area contributed by atoms with Crippen molar-refractivity contribution in [2.45, 2.75) is 26.3 Å². The molecule has 180 valence electrons. The molecule has 1 aromatic heterocycles. The zero-order valence-electron chi connectivity index (χ0n) is 19.9. The van der Waals surface area contributed by atoms with E-state index in [2.05, 4.69) is 5.10 Å². The number of rotatable bonds is 8. The van der Waals surface area contributed by atoms with E-state index in [1.807, 2.05) is 25.1 Å². The van der Waals surface area contributed by atoms with E-state index in [0.29, 0.717) is 46.7 Å². The number of methoxy groups -OCH3 is 2. The number of halogens is 1. The monoisotopic (exact) mass is 474 g/mol. The molecule has 0 saturated carbocycles. The van der Waals surface area contributed by atoms with Crippen LogP contribution in [0.15, 0.2) is 71.5 Å². The number of aromatic hydroxyl groups is 1. The van der Waals surface area contributed by atoms with Crippen LogP contribution in [0.3, 0.4) is 0 Å². The molecule has 6 nitrogen and oxygen atoms in total. The van der Waals surface area contributed by atoms with E-state index in [0.717, 1.165) is 11.1 Å². The van der Waals surface area contributed by atoms with Crippen molar-refractivity contribution >= 4 is 0 Å². The summed E-state index contributed by atoms with van der Waals surface area (Å²) in [6.07, 6.45) is 0.828. The number of phenolic OH excluding ortho intramolecular Hbond substituents is 1. The van der Waals surface area contributed by atoms with Crippen molar-refractivity contribution in [3.63, 3.8) is 0 Å². The quantitative estimate of drug-likeness (QED) is 0.393. The van der Waals surface area contributed by atoms with E-state index in [9.17, 15) is 14.3 Å². The lowest BCUT2D eigenvalue weighted by Crippen LogP contribution is -2.29. The Morgan fingerprint density at radius 1 is 0.914 bits per heavy atom. The topological polar surface area (TPSA) is 73.6 Å². The molecule has 0 fully saturated rings. The number of aryl methyl sites for hydroxylation is 2. The van der Waals surface area contributed by atoms with E-state index in [4.69, 9.17) is 9.47 Å². The van der Waals surface area contributed by atoms with Gasteiger partial charge in [0.1, 0.15) is 11.6 Å². The van der Waals surface area contributed by atoms with Gasteiger partial charge in [-0.25, -0.2) is 9.07 Å². The maximum absolute atomic E-state index is 13.7. The molecule has 0 bridgehead atoms. The standard InChI is InChI=1S/C28H27FN2O4/c1-18-27(22-9-4-5-10-24(22)32)23(13-11-19-7-6-8-21(29)15-19)28(33)31(30-18)17-20-12-14-25(34-2)26(16-20)35-3/h4-10,12,14-16,32H,11,13,17H2,1-3H3. The molecular weight excluding hydrogens is 447 g/mol. The Balaban J connectivity index is 1.79. The molecule has 35 heavy (non-hydrogen) atoms. The fraction of sp³-hybridized carbons (Fsp3) is 0.214. The number of phenols is 1. The van der Waals surface area contributed by atoms with Crippen LogP contribution in [0.5, 0.6) is 17.2 Å². The summed E-state index contributed by atoms with van der Waals surface area (Å²) in [5, 5.41) is 15.1. The molecule has 7 heteroatoms. The van der Waals surface area contributed by atoms with Gasteiger partial charge in [-0.1, -0.05) is 36.4 Å². The molecule has 0 radical (unpaired) electrons. The van der Waals surface area contributed by atoms with Gasteiger partial charge in [-0.15, -0.1) is 0 Å². The second kappa shape index (κ2) is 10.4. The number of benzene rings is 3. The molecule has 0 unspecified atom stereocenters. The fourth-order valence-corrected chi connectivity index (χ4v) is 4.25. The predicted molar refractivity (Wildman–Crippen MR) is 133 cm³/mol. The molecule has 0 aliphatic rings. The van der Waals surface area contributed by atoms with Crippen LogP contribution in [-0.4, -0.2) is 29.1 Å². The Kier molecular flexibility index (Phi) is 7.15. The van der Waals surface area contributed by atoms with Crippen molar-refractivity contribution in [1.29, 1.82) is 0 Å². The Bertz CT molecular complexity index is 1410. The number of ether oxygens (including phenoxy) is 2. The average Bonchev–Trinajstić information content (AvgIpc) is 2.85. The minimum Gasteiger partial charge on any atom is -0.507 e. The fourth-order valence-electron chi connectivity index (χ4n) is 4.25. The molecule has 0 spiro atoms. The molecule has 0 saturated heterocycles. The zero-order valence-corrected chi connectivity index (χ0v) is 19.9. The zero-order chi connectivity index (χ0) is 24.9. The summed E-state index contributed by atoms with van der Waals surface area (Å²) in [4.78, 5) is 13.7. The van der Waals surface area contributed by atoms with E-state index >= 15 is 0 Å². The van der Waals surface area contributed by atoms with Gasteiger partial charge in [-0.2, -0.15) is 5.10 Å². The number of hydrogen-bond donors (Lipinski definition) is 1. The largest absolute Gasteiger partial charge is 0.507 e. The first kappa shape index (κ1) is 24.0. The summed E-state index contributed by atoms with van der Waals surface area (Å²) in [5.74, 6) is 0.909. The smallest absolute Gasteiger partial charge is 0.270 e. The first-order chi connectivity index (χ1) is 16.9. The van der Waals surface area contributed by atoms with Crippen LogP contribution in [0, 0.1) is 12.7 Å². The molecular formula is C28H27FN2O4. The third-order valence-corrected chi connectivity index (χ3v) is 5.93. The highest BCUT2D eigenvalue weighted by molar-refractivity contribution is 5.74. The summed E-state index contributed by atoms with van der Waals surface area (Å²) in [6.45, 7) is 2.05. The number of para-hydroxylation sites is 1. The Morgan fingerprint density at radius 3 is 2.40 bits per heavy atom. The molecule has 0 aliphatic heterocycles. The lowest BCUT2D eigenvalue weighted by molar-refractivity contribution is 0.354. The normalized spacial score (nSPS) is 10.9. The third kappa shape index (κ3) is 5.19. The van der Waals surface area contributed by atoms with E-state index in [1.165, 1.54) is 16.8 Å². The molecule has 0 amide bonds. The second-order valence-electron chi connectivity index (χ2n) is 8.24. The van der Waals surface area contributed by atoms with E-state index in [-0.39, 0.29) is 23.7 Å². The van der Waals surface area contributed by atoms with Crippen molar-refractivity contribution in [3.8, 4) is 28.4 Å². The number of nitrogens with zero attached hydrogens (tertiary/aromatic N) is 2. The lowest BCUT2D eigenvalue weighted by atomic mass is 9.94. The molecule has 4 aromatic rings. The number of hydrogen-bond acceptors (Lipinski definition) is 5. The van der Waals surface area contributed by atoms with Gasteiger partial charge < -0.3 is 14.6 Å². The van der Waals surface area contributed by atoms with Crippen molar-refractivity contribution in [2.24, 2.45) is 0 Å². The minimum atomic E-state index is -0.319. The predicted octanol–water partition coefficient (Wildman–Crippen LogP) is 4.91. The van der Waals surface area contributed by atoms with Gasteiger partial charge in [0, 0.05) is 16.7 Å². The van der Waals surface area contributed by atoms with Crippen LogP contribution < -0.4 is 15.0 Å². The second-order valence-corrected chi connectivity index (χ2v) is 8.24. The highest BCUT2D eigenvalue weighted by Gasteiger charge is 2.19. The number of aromatic nitrogens is 2. The van der Waals surface area contributed by atoms with Crippen LogP contribution in [0.25, 0.3) is 11.1 Å². The van der Waals surface area contributed by atoms with Crippen LogP contribution in [0.1, 0.15) is 22.4 Å². The van der Waals surface area contributed by atoms with Gasteiger partial charge in [0.15, 0.2) is 11.5 Å². The summed E-state index contributed by atoms with van der Waals surface area (Å²) in [6, 6.07) is 18.7. The van der Waals surface area contributed by atoms with Gasteiger partial charge in [0.05, 0.1) is 26.5 Å². The SMILES string of the molecule is COc1ccc(Cn2nc(C)c(-c3ccccc3O)c(CCc3cccc(F)c3)c2=O)cc1OC. The molecule has 3 aromatic carbocycles. The average molecular weight is 475 g/mol. The summed E-state index contributed by atoms with van der Waals surface area (Å²) in [5.41, 5.74) is 3.62. The Labute approximate surface area is 203 Å². The molecule has 1 N–H and O–H groups in total. The van der Waals surface area contributed by atoms with Gasteiger partial charge in [-0.05, 0) is 61.2 Å². The lowest BCUT2D eigenvalue weighted by Gasteiger charge is -2.17. The van der Waals surface area contributed by atoms with Gasteiger partial charge in [0.2, 0.25) is 0 Å². The van der Waals surface area contributed by atoms with Gasteiger partial charge in [0.25, 0.3) is 5.56 Å². The van der Waals surface area contributed by atoms with E-state index in [1.54, 1.807) is 50.6 Å². The molecule has 4 rings (SSSR count). The molecule has 1 heterocycles. The maximum Gasteiger partial charge on any atom is 0.270 e. The summed E-state index contributed by atoms with van der Waals surface area (Å²) < 4.78 is 25.8. The molecule has 0 atom stereocenters. The van der Waals surface area contributed by atoms with Crippen molar-refractivity contribution in [2.75, 3.05) is 14.2 Å². The Morgan fingerprint density at radius 2 is 1.69 bits per heavy atom. The van der Waals surface area contributed by atoms with E-state index < -0.39 is 0 Å². The van der Waals surface area contributed by atoms with Gasteiger partial charge in [-0.3, -0.25) is 4.79 Å². The summed E-state index contributed by atoms with van der Waals surface area (Å²) >= 11 is 0. The van der Waals surface area contributed by atoms with Crippen LogP contribution in [0.2, 0.25) is 0 Å².